The molecule has 0 amide bonds. The summed E-state index contributed by atoms with van der Waals surface area (Å²) in [6.07, 6.45) is 3.92. The van der Waals surface area contributed by atoms with E-state index in [0.717, 1.165) is 12.5 Å². The molecule has 0 aromatic rings. The van der Waals surface area contributed by atoms with Crippen LogP contribution in [0.3, 0.4) is 0 Å². The van der Waals surface area contributed by atoms with Crippen molar-refractivity contribution in [1.82, 2.24) is 5.32 Å². The zero-order valence-corrected chi connectivity index (χ0v) is 10.0. The molecular formula is C12H25NO. The quantitative estimate of drug-likeness (QED) is 0.687. The van der Waals surface area contributed by atoms with Gasteiger partial charge in [0.2, 0.25) is 0 Å². The number of aliphatic hydroxyl groups is 1. The van der Waals surface area contributed by atoms with Crippen molar-refractivity contribution >= 4 is 0 Å². The topological polar surface area (TPSA) is 32.3 Å². The monoisotopic (exact) mass is 199 g/mol. The van der Waals surface area contributed by atoms with Crippen LogP contribution in [0.15, 0.2) is 0 Å². The molecule has 84 valence electrons. The van der Waals surface area contributed by atoms with E-state index in [2.05, 4.69) is 26.1 Å². The van der Waals surface area contributed by atoms with Crippen molar-refractivity contribution < 1.29 is 5.11 Å². The van der Waals surface area contributed by atoms with Crippen LogP contribution in [0.2, 0.25) is 0 Å². The van der Waals surface area contributed by atoms with E-state index in [1.54, 1.807) is 0 Å². The fourth-order valence-electron chi connectivity index (χ4n) is 1.73. The van der Waals surface area contributed by atoms with Gasteiger partial charge in [0.25, 0.3) is 0 Å². The molecule has 1 aliphatic rings. The first kappa shape index (κ1) is 12.0. The van der Waals surface area contributed by atoms with E-state index in [1.807, 2.05) is 6.92 Å². The lowest BCUT2D eigenvalue weighted by molar-refractivity contribution is 0.0136. The standard InChI is InChI=1S/C12H25NO/c1-5-6-10-7-11(10)13-8-12(4,14)9(2)3/h9-11,13-14H,5-8H2,1-4H3. The SMILES string of the molecule is CCCC1CC1NCC(C)(O)C(C)C. The van der Waals surface area contributed by atoms with Gasteiger partial charge >= 0.3 is 0 Å². The van der Waals surface area contributed by atoms with Crippen LogP contribution in [0.4, 0.5) is 0 Å². The maximum atomic E-state index is 10.0. The van der Waals surface area contributed by atoms with E-state index in [0.29, 0.717) is 12.0 Å². The lowest BCUT2D eigenvalue weighted by Gasteiger charge is -2.28. The van der Waals surface area contributed by atoms with Gasteiger partial charge in [0.15, 0.2) is 0 Å². The molecule has 0 saturated heterocycles. The Morgan fingerprint density at radius 3 is 2.64 bits per heavy atom. The first-order valence-electron chi connectivity index (χ1n) is 5.93. The molecule has 2 nitrogen and oxygen atoms in total. The van der Waals surface area contributed by atoms with E-state index in [1.165, 1.54) is 19.3 Å². The summed E-state index contributed by atoms with van der Waals surface area (Å²) in [4.78, 5) is 0. The summed E-state index contributed by atoms with van der Waals surface area (Å²) in [6.45, 7) is 9.02. The molecule has 14 heavy (non-hydrogen) atoms. The average molecular weight is 199 g/mol. The van der Waals surface area contributed by atoms with Crippen molar-refractivity contribution in [2.75, 3.05) is 6.54 Å². The van der Waals surface area contributed by atoms with Gasteiger partial charge in [0, 0.05) is 12.6 Å². The van der Waals surface area contributed by atoms with Crippen LogP contribution in [-0.2, 0) is 0 Å². The minimum atomic E-state index is -0.556. The van der Waals surface area contributed by atoms with Crippen LogP contribution in [0.5, 0.6) is 0 Å². The Bertz CT molecular complexity index is 177. The van der Waals surface area contributed by atoms with Gasteiger partial charge in [0.05, 0.1) is 5.60 Å². The van der Waals surface area contributed by atoms with Crippen LogP contribution in [0.25, 0.3) is 0 Å². The minimum absolute atomic E-state index is 0.318. The first-order chi connectivity index (χ1) is 6.47. The Morgan fingerprint density at radius 2 is 2.14 bits per heavy atom. The van der Waals surface area contributed by atoms with Crippen molar-refractivity contribution in [3.8, 4) is 0 Å². The molecule has 0 spiro atoms. The molecule has 2 heteroatoms. The van der Waals surface area contributed by atoms with E-state index in [9.17, 15) is 5.11 Å². The Labute approximate surface area is 88.1 Å². The van der Waals surface area contributed by atoms with Gasteiger partial charge in [-0.1, -0.05) is 27.2 Å². The maximum absolute atomic E-state index is 10.0. The molecule has 0 radical (unpaired) electrons. The molecule has 0 aromatic carbocycles. The highest BCUT2D eigenvalue weighted by atomic mass is 16.3. The first-order valence-corrected chi connectivity index (χ1v) is 5.93. The van der Waals surface area contributed by atoms with Crippen molar-refractivity contribution in [3.63, 3.8) is 0 Å². The largest absolute Gasteiger partial charge is 0.389 e. The highest BCUT2D eigenvalue weighted by Crippen LogP contribution is 2.34. The Kier molecular flexibility index (Phi) is 3.96. The van der Waals surface area contributed by atoms with Crippen molar-refractivity contribution in [2.24, 2.45) is 11.8 Å². The lowest BCUT2D eigenvalue weighted by atomic mass is 9.92. The summed E-state index contributed by atoms with van der Waals surface area (Å²) in [7, 11) is 0. The van der Waals surface area contributed by atoms with Gasteiger partial charge in [0.1, 0.15) is 0 Å². The fraction of sp³-hybridized carbons (Fsp3) is 1.00. The highest BCUT2D eigenvalue weighted by molar-refractivity contribution is 4.94. The predicted molar refractivity (Wildman–Crippen MR) is 60.3 cm³/mol. The van der Waals surface area contributed by atoms with E-state index in [4.69, 9.17) is 0 Å². The maximum Gasteiger partial charge on any atom is 0.0766 e. The summed E-state index contributed by atoms with van der Waals surface area (Å²) in [6, 6.07) is 0.681. The van der Waals surface area contributed by atoms with Crippen LogP contribution in [0, 0.1) is 11.8 Å². The van der Waals surface area contributed by atoms with Crippen LogP contribution in [-0.4, -0.2) is 23.3 Å². The Balaban J connectivity index is 2.16. The molecule has 2 N–H and O–H groups in total. The summed E-state index contributed by atoms with van der Waals surface area (Å²) in [5, 5.41) is 13.5. The normalized spacial score (nSPS) is 30.4. The summed E-state index contributed by atoms with van der Waals surface area (Å²) in [5.74, 6) is 1.20. The minimum Gasteiger partial charge on any atom is -0.389 e. The zero-order valence-electron chi connectivity index (χ0n) is 10.0. The number of nitrogens with one attached hydrogen (secondary N) is 1. The second-order valence-corrected chi connectivity index (χ2v) is 5.28. The third-order valence-corrected chi connectivity index (χ3v) is 3.55. The third kappa shape index (κ3) is 3.25. The number of hydrogen-bond donors (Lipinski definition) is 2. The molecule has 0 heterocycles. The van der Waals surface area contributed by atoms with Crippen molar-refractivity contribution in [2.45, 2.75) is 58.6 Å². The molecule has 1 aliphatic carbocycles. The van der Waals surface area contributed by atoms with Gasteiger partial charge in [-0.25, -0.2) is 0 Å². The zero-order chi connectivity index (χ0) is 10.8. The van der Waals surface area contributed by atoms with E-state index >= 15 is 0 Å². The third-order valence-electron chi connectivity index (χ3n) is 3.55. The van der Waals surface area contributed by atoms with Gasteiger partial charge in [-0.05, 0) is 31.6 Å². The van der Waals surface area contributed by atoms with E-state index in [-0.39, 0.29) is 0 Å². The van der Waals surface area contributed by atoms with E-state index < -0.39 is 5.60 Å². The van der Waals surface area contributed by atoms with Gasteiger partial charge in [-0.15, -0.1) is 0 Å². The van der Waals surface area contributed by atoms with Crippen LogP contribution < -0.4 is 5.32 Å². The molecule has 3 atom stereocenters. The van der Waals surface area contributed by atoms with Crippen molar-refractivity contribution in [1.29, 1.82) is 0 Å². The summed E-state index contributed by atoms with van der Waals surface area (Å²) >= 11 is 0. The van der Waals surface area contributed by atoms with Gasteiger partial charge in [-0.3, -0.25) is 0 Å². The van der Waals surface area contributed by atoms with Crippen molar-refractivity contribution in [3.05, 3.63) is 0 Å². The number of hydrogen-bond acceptors (Lipinski definition) is 2. The highest BCUT2D eigenvalue weighted by Gasteiger charge is 2.37. The van der Waals surface area contributed by atoms with Crippen LogP contribution >= 0.6 is 0 Å². The fourth-order valence-corrected chi connectivity index (χ4v) is 1.73. The molecular weight excluding hydrogens is 174 g/mol. The molecule has 0 aromatic heterocycles. The molecule has 0 bridgehead atoms. The molecule has 1 rings (SSSR count). The molecule has 3 unspecified atom stereocenters. The second kappa shape index (κ2) is 4.63. The second-order valence-electron chi connectivity index (χ2n) is 5.28. The average Bonchev–Trinajstić information content (AvgIpc) is 2.81. The van der Waals surface area contributed by atoms with Gasteiger partial charge < -0.3 is 10.4 Å². The summed E-state index contributed by atoms with van der Waals surface area (Å²) in [5.41, 5.74) is -0.556. The summed E-state index contributed by atoms with van der Waals surface area (Å²) < 4.78 is 0. The lowest BCUT2D eigenvalue weighted by Crippen LogP contribution is -2.43. The Hall–Kier alpha value is -0.0800. The number of rotatable bonds is 6. The smallest absolute Gasteiger partial charge is 0.0766 e. The molecule has 0 aliphatic heterocycles. The molecule has 1 fully saturated rings. The Morgan fingerprint density at radius 1 is 1.50 bits per heavy atom. The predicted octanol–water partition coefficient (Wildman–Crippen LogP) is 2.17. The van der Waals surface area contributed by atoms with Gasteiger partial charge in [-0.2, -0.15) is 0 Å². The molecule has 1 saturated carbocycles. The van der Waals surface area contributed by atoms with Crippen LogP contribution in [0.1, 0.15) is 47.0 Å².